The number of nitrogens with zero attached hydrogens (tertiary/aromatic N) is 1. The summed E-state index contributed by atoms with van der Waals surface area (Å²) in [5.74, 6) is 0.0908. The summed E-state index contributed by atoms with van der Waals surface area (Å²) in [5.41, 5.74) is 3.14. The Morgan fingerprint density at radius 2 is 1.83 bits per heavy atom. The summed E-state index contributed by atoms with van der Waals surface area (Å²) in [6.45, 7) is 4.19. The first-order chi connectivity index (χ1) is 11.5. The third-order valence-electron chi connectivity index (χ3n) is 4.83. The third kappa shape index (κ3) is 3.36. The highest BCUT2D eigenvalue weighted by atomic mass is 35.5. The average Bonchev–Trinajstić information content (AvgIpc) is 2.63. The van der Waals surface area contributed by atoms with Crippen LogP contribution in [0.4, 0.5) is 0 Å². The number of benzene rings is 1. The van der Waals surface area contributed by atoms with Gasteiger partial charge in [0, 0.05) is 35.0 Å². The first-order valence-electron chi connectivity index (χ1n) is 8.08. The van der Waals surface area contributed by atoms with Crippen LogP contribution in [-0.2, 0) is 4.79 Å². The smallest absolute Gasteiger partial charge is 0.187 e. The summed E-state index contributed by atoms with van der Waals surface area (Å²) in [4.78, 5) is 26.7. The van der Waals surface area contributed by atoms with Gasteiger partial charge in [-0.25, -0.2) is 0 Å². The average molecular weight is 342 g/mol. The molecular formula is C20H20ClNO2. The Hall–Kier alpha value is -2.13. The number of rotatable bonds is 3. The quantitative estimate of drug-likeness (QED) is 0.460. The largest absolute Gasteiger partial charge is 0.344 e. The van der Waals surface area contributed by atoms with Gasteiger partial charge in [-0.3, -0.25) is 9.59 Å². The molecule has 0 spiro atoms. The molecular weight excluding hydrogens is 322 g/mol. The zero-order valence-corrected chi connectivity index (χ0v) is 14.6. The van der Waals surface area contributed by atoms with E-state index in [1.54, 1.807) is 30.5 Å². The Balaban J connectivity index is 1.80. The van der Waals surface area contributed by atoms with Crippen LogP contribution in [0.3, 0.4) is 0 Å². The van der Waals surface area contributed by atoms with Crippen LogP contribution in [0.5, 0.6) is 0 Å². The van der Waals surface area contributed by atoms with Gasteiger partial charge in [-0.1, -0.05) is 28.8 Å². The number of halogens is 1. The van der Waals surface area contributed by atoms with E-state index in [4.69, 9.17) is 11.6 Å². The van der Waals surface area contributed by atoms with E-state index in [1.165, 1.54) is 17.2 Å². The lowest BCUT2D eigenvalue weighted by Gasteiger charge is -2.31. The molecule has 3 nitrogen and oxygen atoms in total. The fraction of sp³-hybridized carbons (Fsp3) is 0.300. The lowest BCUT2D eigenvalue weighted by Crippen LogP contribution is -2.40. The van der Waals surface area contributed by atoms with Gasteiger partial charge < -0.3 is 4.90 Å². The van der Waals surface area contributed by atoms with Gasteiger partial charge in [0.05, 0.1) is 6.04 Å². The Labute approximate surface area is 147 Å². The Bertz CT molecular complexity index is 758. The molecule has 0 radical (unpaired) electrons. The minimum atomic E-state index is -0.216. The highest BCUT2D eigenvalue weighted by molar-refractivity contribution is 6.30. The van der Waals surface area contributed by atoms with Crippen molar-refractivity contribution in [1.82, 2.24) is 4.90 Å². The van der Waals surface area contributed by atoms with Crippen LogP contribution in [0.15, 0.2) is 60.0 Å². The second-order valence-corrected chi connectivity index (χ2v) is 6.91. The predicted molar refractivity (Wildman–Crippen MR) is 95.8 cm³/mol. The maximum Gasteiger partial charge on any atom is 0.187 e. The molecule has 2 bridgehead atoms. The molecule has 2 aliphatic rings. The summed E-state index contributed by atoms with van der Waals surface area (Å²) in [6.07, 6.45) is 8.61. The van der Waals surface area contributed by atoms with Gasteiger partial charge in [-0.05, 0) is 51.0 Å². The van der Waals surface area contributed by atoms with Crippen LogP contribution < -0.4 is 0 Å². The van der Waals surface area contributed by atoms with Gasteiger partial charge in [0.2, 0.25) is 0 Å². The Morgan fingerprint density at radius 1 is 1.17 bits per heavy atom. The van der Waals surface area contributed by atoms with Crippen LogP contribution in [0, 0.1) is 5.92 Å². The van der Waals surface area contributed by atoms with Crippen LogP contribution in [0.1, 0.15) is 37.0 Å². The van der Waals surface area contributed by atoms with Crippen molar-refractivity contribution in [1.29, 1.82) is 0 Å². The number of carbonyl (C=O) groups excluding carboxylic acids is 2. The second kappa shape index (κ2) is 6.78. The van der Waals surface area contributed by atoms with Gasteiger partial charge in [-0.15, -0.1) is 0 Å². The molecule has 1 aromatic carbocycles. The number of fused-ring (bicyclic) bond motifs is 2. The second-order valence-electron chi connectivity index (χ2n) is 6.47. The van der Waals surface area contributed by atoms with Crippen molar-refractivity contribution in [3.05, 3.63) is 70.5 Å². The molecule has 3 rings (SSSR count). The predicted octanol–water partition coefficient (Wildman–Crippen LogP) is 4.55. The molecule has 124 valence electrons. The minimum Gasteiger partial charge on any atom is -0.344 e. The van der Waals surface area contributed by atoms with Gasteiger partial charge in [0.25, 0.3) is 0 Å². The number of allylic oxidation sites excluding steroid dienone is 3. The van der Waals surface area contributed by atoms with Crippen LogP contribution in [0.25, 0.3) is 0 Å². The zero-order chi connectivity index (χ0) is 17.3. The maximum absolute atomic E-state index is 12.6. The van der Waals surface area contributed by atoms with Crippen LogP contribution in [-0.4, -0.2) is 22.5 Å². The molecule has 1 aliphatic carbocycles. The lowest BCUT2D eigenvalue weighted by atomic mass is 9.91. The van der Waals surface area contributed by atoms with Gasteiger partial charge >= 0.3 is 0 Å². The van der Waals surface area contributed by atoms with E-state index in [0.717, 1.165) is 6.42 Å². The maximum atomic E-state index is 12.6. The first-order valence-corrected chi connectivity index (χ1v) is 8.46. The van der Waals surface area contributed by atoms with E-state index in [0.29, 0.717) is 17.0 Å². The molecule has 24 heavy (non-hydrogen) atoms. The topological polar surface area (TPSA) is 37.4 Å². The van der Waals surface area contributed by atoms with E-state index in [-0.39, 0.29) is 23.5 Å². The molecule has 1 aromatic rings. The zero-order valence-electron chi connectivity index (χ0n) is 13.8. The summed E-state index contributed by atoms with van der Waals surface area (Å²) >= 11 is 5.84. The van der Waals surface area contributed by atoms with E-state index < -0.39 is 0 Å². The summed E-state index contributed by atoms with van der Waals surface area (Å²) in [5, 5.41) is 0.599. The van der Waals surface area contributed by atoms with Crippen LogP contribution in [0.2, 0.25) is 5.02 Å². The van der Waals surface area contributed by atoms with Crippen molar-refractivity contribution in [2.24, 2.45) is 5.92 Å². The molecule has 2 unspecified atom stereocenters. The Morgan fingerprint density at radius 3 is 2.54 bits per heavy atom. The van der Waals surface area contributed by atoms with Crippen molar-refractivity contribution >= 4 is 23.2 Å². The molecule has 0 saturated carbocycles. The highest BCUT2D eigenvalue weighted by Gasteiger charge is 2.34. The van der Waals surface area contributed by atoms with Crippen LogP contribution >= 0.6 is 11.6 Å². The van der Waals surface area contributed by atoms with Crippen molar-refractivity contribution in [2.75, 3.05) is 0 Å². The van der Waals surface area contributed by atoms with Crippen molar-refractivity contribution in [3.8, 4) is 0 Å². The first kappa shape index (κ1) is 16.7. The molecule has 0 saturated heterocycles. The fourth-order valence-corrected chi connectivity index (χ4v) is 3.28. The molecule has 2 atom stereocenters. The highest BCUT2D eigenvalue weighted by Crippen LogP contribution is 2.32. The van der Waals surface area contributed by atoms with Gasteiger partial charge in [-0.2, -0.15) is 0 Å². The minimum absolute atomic E-state index is 0.0379. The molecule has 1 aliphatic heterocycles. The third-order valence-corrected chi connectivity index (χ3v) is 5.08. The van der Waals surface area contributed by atoms with E-state index in [1.807, 2.05) is 17.2 Å². The molecule has 0 N–H and O–H groups in total. The molecule has 4 heteroatoms. The van der Waals surface area contributed by atoms with Crippen molar-refractivity contribution < 1.29 is 9.59 Å². The number of carbonyl (C=O) groups is 2. The lowest BCUT2D eigenvalue weighted by molar-refractivity contribution is -0.125. The van der Waals surface area contributed by atoms with Crippen molar-refractivity contribution in [2.45, 2.75) is 32.7 Å². The van der Waals surface area contributed by atoms with E-state index >= 15 is 0 Å². The number of Topliss-reactive ketones (excluding diaryl/α,β-unsaturated/α-hetero) is 1. The molecule has 0 amide bonds. The molecule has 0 fully saturated rings. The fourth-order valence-electron chi connectivity index (χ4n) is 3.16. The van der Waals surface area contributed by atoms with E-state index in [9.17, 15) is 9.59 Å². The number of ketones is 2. The van der Waals surface area contributed by atoms with Gasteiger partial charge in [0.15, 0.2) is 11.6 Å². The van der Waals surface area contributed by atoms with E-state index in [2.05, 4.69) is 13.8 Å². The molecule has 0 aromatic heterocycles. The monoisotopic (exact) mass is 341 g/mol. The summed E-state index contributed by atoms with van der Waals surface area (Å²) in [6, 6.07) is 6.57. The normalized spacial score (nSPS) is 23.8. The standard InChI is InChI=1S/C20H20ClNO2/c1-13-11-16-7-9-22(18(20(16)24)12-14(13)2)10-8-19(23)15-3-5-17(21)6-4-15/h3-10,16,18H,11-12H2,1-2H3. The molecule has 1 heterocycles. The Kier molecular flexibility index (Phi) is 4.72. The van der Waals surface area contributed by atoms with Gasteiger partial charge in [0.1, 0.15) is 0 Å². The number of hydrogen-bond donors (Lipinski definition) is 0. The SMILES string of the molecule is CC1=C(C)CC2C(=O)C(C=CN2C=CC(=O)c2ccc(Cl)cc2)C1. The van der Waals surface area contributed by atoms with Crippen molar-refractivity contribution in [3.63, 3.8) is 0 Å². The number of hydrogen-bond acceptors (Lipinski definition) is 3. The summed E-state index contributed by atoms with van der Waals surface area (Å²) in [7, 11) is 0. The summed E-state index contributed by atoms with van der Waals surface area (Å²) < 4.78 is 0.